The minimum absolute atomic E-state index is 0.431. The van der Waals surface area contributed by atoms with Gasteiger partial charge in [0.1, 0.15) is 12.7 Å². The van der Waals surface area contributed by atoms with Crippen LogP contribution in [0.2, 0.25) is 0 Å². The van der Waals surface area contributed by atoms with Gasteiger partial charge in [-0.05, 0) is 12.5 Å². The van der Waals surface area contributed by atoms with Crippen LogP contribution in [0.4, 0.5) is 5.95 Å². The standard InChI is InChI=1S/C13H13N7/c1-9-5-3-4-6-10(9)11-17-12(14-2)19-13(18-11)20-8-15-7-16-20/h3-8H,1-2H3,(H,14,17,18,19). The molecule has 3 aromatic rings. The van der Waals surface area contributed by atoms with E-state index in [2.05, 4.69) is 30.4 Å². The largest absolute Gasteiger partial charge is 0.357 e. The van der Waals surface area contributed by atoms with Crippen molar-refractivity contribution in [1.29, 1.82) is 0 Å². The van der Waals surface area contributed by atoms with Gasteiger partial charge in [0.15, 0.2) is 5.82 Å². The molecule has 7 heteroatoms. The second kappa shape index (κ2) is 5.04. The molecule has 2 aromatic heterocycles. The van der Waals surface area contributed by atoms with Crippen LogP contribution in [0, 0.1) is 6.92 Å². The number of benzene rings is 1. The van der Waals surface area contributed by atoms with Crippen molar-refractivity contribution in [3.8, 4) is 17.3 Å². The third kappa shape index (κ3) is 2.20. The molecule has 0 saturated heterocycles. The van der Waals surface area contributed by atoms with Crippen molar-refractivity contribution in [1.82, 2.24) is 29.7 Å². The maximum Gasteiger partial charge on any atom is 0.257 e. The van der Waals surface area contributed by atoms with Gasteiger partial charge >= 0.3 is 0 Å². The lowest BCUT2D eigenvalue weighted by Crippen LogP contribution is -2.08. The molecule has 0 atom stereocenters. The molecule has 20 heavy (non-hydrogen) atoms. The van der Waals surface area contributed by atoms with Gasteiger partial charge in [0.25, 0.3) is 5.95 Å². The Morgan fingerprint density at radius 2 is 1.95 bits per heavy atom. The summed E-state index contributed by atoms with van der Waals surface area (Å²) in [6.45, 7) is 2.02. The molecular weight excluding hydrogens is 254 g/mol. The van der Waals surface area contributed by atoms with Crippen molar-refractivity contribution >= 4 is 5.95 Å². The fraction of sp³-hybridized carbons (Fsp3) is 0.154. The predicted octanol–water partition coefficient (Wildman–Crippen LogP) is 1.47. The molecule has 7 nitrogen and oxygen atoms in total. The summed E-state index contributed by atoms with van der Waals surface area (Å²) < 4.78 is 1.50. The smallest absolute Gasteiger partial charge is 0.257 e. The van der Waals surface area contributed by atoms with Crippen LogP contribution in [0.15, 0.2) is 36.9 Å². The van der Waals surface area contributed by atoms with Gasteiger partial charge in [-0.15, -0.1) is 0 Å². The third-order valence-electron chi connectivity index (χ3n) is 2.86. The van der Waals surface area contributed by atoms with Crippen LogP contribution in [0.5, 0.6) is 0 Å². The molecule has 0 bridgehead atoms. The molecule has 0 fully saturated rings. The summed E-state index contributed by atoms with van der Waals surface area (Å²) in [7, 11) is 1.77. The van der Waals surface area contributed by atoms with E-state index in [-0.39, 0.29) is 0 Å². The number of nitrogens with zero attached hydrogens (tertiary/aromatic N) is 6. The lowest BCUT2D eigenvalue weighted by atomic mass is 10.1. The van der Waals surface area contributed by atoms with E-state index in [0.29, 0.717) is 17.7 Å². The van der Waals surface area contributed by atoms with Crippen molar-refractivity contribution in [2.75, 3.05) is 12.4 Å². The minimum Gasteiger partial charge on any atom is -0.357 e. The van der Waals surface area contributed by atoms with E-state index in [1.165, 1.54) is 11.0 Å². The van der Waals surface area contributed by atoms with Crippen LogP contribution < -0.4 is 5.32 Å². The molecule has 0 aliphatic carbocycles. The van der Waals surface area contributed by atoms with E-state index in [1.54, 1.807) is 13.4 Å². The van der Waals surface area contributed by atoms with Crippen LogP contribution in [-0.2, 0) is 0 Å². The molecule has 0 spiro atoms. The summed E-state index contributed by atoms with van der Waals surface area (Å²) in [4.78, 5) is 17.0. The van der Waals surface area contributed by atoms with Crippen molar-refractivity contribution in [2.24, 2.45) is 0 Å². The average Bonchev–Trinajstić information content (AvgIpc) is 3.01. The second-order valence-corrected chi connectivity index (χ2v) is 4.19. The highest BCUT2D eigenvalue weighted by atomic mass is 15.4. The minimum atomic E-state index is 0.431. The van der Waals surface area contributed by atoms with Crippen LogP contribution in [-0.4, -0.2) is 36.8 Å². The molecule has 0 radical (unpaired) electrons. The van der Waals surface area contributed by atoms with Crippen LogP contribution in [0.1, 0.15) is 5.56 Å². The third-order valence-corrected chi connectivity index (χ3v) is 2.86. The first kappa shape index (κ1) is 12.2. The Morgan fingerprint density at radius 3 is 2.65 bits per heavy atom. The van der Waals surface area contributed by atoms with Gasteiger partial charge in [0, 0.05) is 12.6 Å². The first-order valence-electron chi connectivity index (χ1n) is 6.13. The monoisotopic (exact) mass is 267 g/mol. The molecule has 0 amide bonds. The number of aromatic nitrogens is 6. The molecule has 0 aliphatic heterocycles. The van der Waals surface area contributed by atoms with Gasteiger partial charge in [-0.3, -0.25) is 0 Å². The van der Waals surface area contributed by atoms with Gasteiger partial charge in [-0.1, -0.05) is 24.3 Å². The molecule has 0 unspecified atom stereocenters. The number of hydrogen-bond donors (Lipinski definition) is 1. The summed E-state index contributed by atoms with van der Waals surface area (Å²) in [5.41, 5.74) is 2.07. The van der Waals surface area contributed by atoms with Crippen LogP contribution in [0.25, 0.3) is 17.3 Å². The SMILES string of the molecule is CNc1nc(-c2ccccc2C)nc(-n2cncn2)n1. The van der Waals surface area contributed by atoms with Crippen molar-refractivity contribution < 1.29 is 0 Å². The Bertz CT molecular complexity index is 721. The lowest BCUT2D eigenvalue weighted by Gasteiger charge is -2.08. The number of aryl methyl sites for hydroxylation is 1. The molecular formula is C13H13N7. The number of anilines is 1. The predicted molar refractivity (Wildman–Crippen MR) is 74.5 cm³/mol. The van der Waals surface area contributed by atoms with Gasteiger partial charge < -0.3 is 5.32 Å². The quantitative estimate of drug-likeness (QED) is 0.774. The van der Waals surface area contributed by atoms with Crippen molar-refractivity contribution in [3.63, 3.8) is 0 Å². The van der Waals surface area contributed by atoms with Crippen molar-refractivity contribution in [2.45, 2.75) is 6.92 Å². The topological polar surface area (TPSA) is 81.4 Å². The van der Waals surface area contributed by atoms with E-state index < -0.39 is 0 Å². The van der Waals surface area contributed by atoms with Gasteiger partial charge in [-0.2, -0.15) is 24.7 Å². The van der Waals surface area contributed by atoms with Gasteiger partial charge in [0.05, 0.1) is 0 Å². The molecule has 1 N–H and O–H groups in total. The number of nitrogens with one attached hydrogen (secondary N) is 1. The van der Waals surface area contributed by atoms with Gasteiger partial charge in [-0.25, -0.2) is 4.98 Å². The van der Waals surface area contributed by atoms with E-state index in [9.17, 15) is 0 Å². The molecule has 1 aromatic carbocycles. The van der Waals surface area contributed by atoms with E-state index >= 15 is 0 Å². The zero-order chi connectivity index (χ0) is 13.9. The first-order valence-corrected chi connectivity index (χ1v) is 6.13. The van der Waals surface area contributed by atoms with Crippen LogP contribution in [0.3, 0.4) is 0 Å². The molecule has 100 valence electrons. The number of rotatable bonds is 3. The molecule has 0 aliphatic rings. The Morgan fingerprint density at radius 1 is 1.10 bits per heavy atom. The zero-order valence-corrected chi connectivity index (χ0v) is 11.1. The lowest BCUT2D eigenvalue weighted by molar-refractivity contribution is 0.798. The normalized spacial score (nSPS) is 10.5. The first-order chi connectivity index (χ1) is 9.78. The fourth-order valence-corrected chi connectivity index (χ4v) is 1.83. The Labute approximate surface area is 115 Å². The maximum absolute atomic E-state index is 4.45. The highest BCUT2D eigenvalue weighted by Gasteiger charge is 2.11. The molecule has 0 saturated carbocycles. The highest BCUT2D eigenvalue weighted by molar-refractivity contribution is 5.61. The summed E-state index contributed by atoms with van der Waals surface area (Å²) in [5, 5.41) is 6.98. The van der Waals surface area contributed by atoms with E-state index in [0.717, 1.165) is 11.1 Å². The highest BCUT2D eigenvalue weighted by Crippen LogP contribution is 2.20. The second-order valence-electron chi connectivity index (χ2n) is 4.19. The Kier molecular flexibility index (Phi) is 3.08. The average molecular weight is 267 g/mol. The van der Waals surface area contributed by atoms with Crippen molar-refractivity contribution in [3.05, 3.63) is 42.5 Å². The Balaban J connectivity index is 2.17. The van der Waals surface area contributed by atoms with Crippen LogP contribution >= 0.6 is 0 Å². The Hall–Kier alpha value is -2.83. The van der Waals surface area contributed by atoms with Gasteiger partial charge in [0.2, 0.25) is 5.95 Å². The summed E-state index contributed by atoms with van der Waals surface area (Å²) >= 11 is 0. The number of hydrogen-bond acceptors (Lipinski definition) is 6. The zero-order valence-electron chi connectivity index (χ0n) is 11.1. The molecule has 2 heterocycles. The fourth-order valence-electron chi connectivity index (χ4n) is 1.83. The summed E-state index contributed by atoms with van der Waals surface area (Å²) in [6, 6.07) is 7.94. The van der Waals surface area contributed by atoms with E-state index in [1.807, 2.05) is 31.2 Å². The summed E-state index contributed by atoms with van der Waals surface area (Å²) in [6.07, 6.45) is 2.99. The maximum atomic E-state index is 4.45. The molecule has 3 rings (SSSR count). The summed E-state index contributed by atoms with van der Waals surface area (Å²) in [5.74, 6) is 1.52. The van der Waals surface area contributed by atoms with E-state index in [4.69, 9.17) is 0 Å².